The van der Waals surface area contributed by atoms with Gasteiger partial charge < -0.3 is 15.1 Å². The van der Waals surface area contributed by atoms with Crippen molar-refractivity contribution in [1.82, 2.24) is 4.90 Å². The van der Waals surface area contributed by atoms with Crippen LogP contribution in [0.1, 0.15) is 21.5 Å². The van der Waals surface area contributed by atoms with E-state index in [2.05, 4.69) is 16.3 Å². The van der Waals surface area contributed by atoms with Crippen LogP contribution >= 0.6 is 23.2 Å². The molecule has 0 aromatic heterocycles. The van der Waals surface area contributed by atoms with Crippen LogP contribution in [0.5, 0.6) is 0 Å². The van der Waals surface area contributed by atoms with Crippen LogP contribution in [0.15, 0.2) is 66.7 Å². The number of aryl methyl sites for hydroxylation is 1. The predicted molar refractivity (Wildman–Crippen MR) is 135 cm³/mol. The number of carbonyl (C=O) groups excluding carboxylic acids is 2. The van der Waals surface area contributed by atoms with Crippen molar-refractivity contribution in [1.29, 1.82) is 0 Å². The van der Waals surface area contributed by atoms with E-state index in [4.69, 9.17) is 23.2 Å². The first kappa shape index (κ1) is 23.1. The Bertz CT molecular complexity index is 1160. The van der Waals surface area contributed by atoms with E-state index >= 15 is 0 Å². The zero-order valence-electron chi connectivity index (χ0n) is 18.4. The Morgan fingerprint density at radius 1 is 0.879 bits per heavy atom. The molecule has 1 fully saturated rings. The number of carbonyl (C=O) groups is 2. The summed E-state index contributed by atoms with van der Waals surface area (Å²) in [6.07, 6.45) is 0.439. The van der Waals surface area contributed by atoms with Gasteiger partial charge in [0.2, 0.25) is 5.91 Å². The van der Waals surface area contributed by atoms with Crippen molar-refractivity contribution in [3.8, 4) is 0 Å². The fraction of sp³-hybridized carbons (Fsp3) is 0.231. The van der Waals surface area contributed by atoms with Crippen LogP contribution < -0.4 is 10.2 Å². The van der Waals surface area contributed by atoms with Crippen LogP contribution in [0.25, 0.3) is 0 Å². The molecule has 1 saturated heterocycles. The minimum absolute atomic E-state index is 0.167. The van der Waals surface area contributed by atoms with Crippen LogP contribution in [0.4, 0.5) is 11.4 Å². The van der Waals surface area contributed by atoms with Gasteiger partial charge in [-0.1, -0.05) is 53.0 Å². The topological polar surface area (TPSA) is 52.7 Å². The first-order valence-electron chi connectivity index (χ1n) is 10.8. The van der Waals surface area contributed by atoms with E-state index in [1.54, 1.807) is 18.2 Å². The van der Waals surface area contributed by atoms with Crippen LogP contribution in [-0.2, 0) is 11.2 Å². The number of nitrogens with one attached hydrogen (secondary N) is 1. The Morgan fingerprint density at radius 2 is 1.61 bits per heavy atom. The molecule has 1 heterocycles. The SMILES string of the molecule is Cc1cccc(CC(=O)N2CCN(c3ccc(NC(=O)c4ccc(Cl)c(Cl)c4)cc3)CC2)c1. The number of rotatable bonds is 5. The van der Waals surface area contributed by atoms with Gasteiger partial charge in [-0.15, -0.1) is 0 Å². The van der Waals surface area contributed by atoms with E-state index in [1.165, 1.54) is 5.56 Å². The second-order valence-corrected chi connectivity index (χ2v) is 8.98. The molecule has 1 aliphatic heterocycles. The Hall–Kier alpha value is -3.02. The average molecular weight is 482 g/mol. The molecular formula is C26H25Cl2N3O2. The molecule has 0 atom stereocenters. The van der Waals surface area contributed by atoms with Gasteiger partial charge in [0.05, 0.1) is 16.5 Å². The Kier molecular flexibility index (Phi) is 7.21. The van der Waals surface area contributed by atoms with Crippen LogP contribution in [-0.4, -0.2) is 42.9 Å². The van der Waals surface area contributed by atoms with Crippen molar-refractivity contribution in [3.63, 3.8) is 0 Å². The molecule has 0 bridgehead atoms. The third-order valence-electron chi connectivity index (χ3n) is 5.74. The molecule has 0 spiro atoms. The number of hydrogen-bond acceptors (Lipinski definition) is 3. The molecule has 1 N–H and O–H groups in total. The number of hydrogen-bond donors (Lipinski definition) is 1. The quantitative estimate of drug-likeness (QED) is 0.527. The van der Waals surface area contributed by atoms with Crippen molar-refractivity contribution in [2.45, 2.75) is 13.3 Å². The molecule has 3 aromatic carbocycles. The van der Waals surface area contributed by atoms with Crippen molar-refractivity contribution in [2.75, 3.05) is 36.4 Å². The van der Waals surface area contributed by atoms with Crippen molar-refractivity contribution < 1.29 is 9.59 Å². The fourth-order valence-electron chi connectivity index (χ4n) is 3.92. The number of anilines is 2. The summed E-state index contributed by atoms with van der Waals surface area (Å²) in [4.78, 5) is 29.3. The summed E-state index contributed by atoms with van der Waals surface area (Å²) in [6, 6.07) is 20.6. The second-order valence-electron chi connectivity index (χ2n) is 8.16. The average Bonchev–Trinajstić information content (AvgIpc) is 2.81. The van der Waals surface area contributed by atoms with E-state index in [0.717, 1.165) is 24.3 Å². The lowest BCUT2D eigenvalue weighted by molar-refractivity contribution is -0.130. The molecule has 1 aliphatic rings. The Morgan fingerprint density at radius 3 is 2.27 bits per heavy atom. The maximum absolute atomic E-state index is 12.7. The molecule has 170 valence electrons. The molecule has 0 aliphatic carbocycles. The summed E-state index contributed by atoms with van der Waals surface area (Å²) in [5.74, 6) is -0.0809. The normalized spacial score (nSPS) is 13.7. The van der Waals surface area contributed by atoms with Gasteiger partial charge in [-0.25, -0.2) is 0 Å². The molecule has 3 aromatic rings. The first-order chi connectivity index (χ1) is 15.9. The first-order valence-corrected chi connectivity index (χ1v) is 11.6. The third-order valence-corrected chi connectivity index (χ3v) is 6.48. The molecule has 0 radical (unpaired) electrons. The highest BCUT2D eigenvalue weighted by Gasteiger charge is 2.21. The number of halogens is 2. The van der Waals surface area contributed by atoms with E-state index in [-0.39, 0.29) is 11.8 Å². The van der Waals surface area contributed by atoms with E-state index < -0.39 is 0 Å². The lowest BCUT2D eigenvalue weighted by atomic mass is 10.1. The van der Waals surface area contributed by atoms with Gasteiger partial charge in [-0.2, -0.15) is 0 Å². The van der Waals surface area contributed by atoms with Gasteiger partial charge in [0.25, 0.3) is 5.91 Å². The highest BCUT2D eigenvalue weighted by atomic mass is 35.5. The number of benzene rings is 3. The Labute approximate surface area is 203 Å². The molecule has 0 unspecified atom stereocenters. The highest BCUT2D eigenvalue weighted by molar-refractivity contribution is 6.42. The summed E-state index contributed by atoms with van der Waals surface area (Å²) in [6.45, 7) is 4.97. The zero-order chi connectivity index (χ0) is 23.4. The molecule has 33 heavy (non-hydrogen) atoms. The monoisotopic (exact) mass is 481 g/mol. The number of nitrogens with zero attached hydrogens (tertiary/aromatic N) is 2. The van der Waals surface area contributed by atoms with E-state index in [1.807, 2.05) is 54.3 Å². The molecule has 7 heteroatoms. The van der Waals surface area contributed by atoms with Crippen LogP contribution in [0, 0.1) is 6.92 Å². The van der Waals surface area contributed by atoms with Gasteiger partial charge in [0.1, 0.15) is 0 Å². The number of piperazine rings is 1. The Balaban J connectivity index is 1.30. The summed E-state index contributed by atoms with van der Waals surface area (Å²) in [7, 11) is 0. The minimum atomic E-state index is -0.248. The lowest BCUT2D eigenvalue weighted by Gasteiger charge is -2.36. The summed E-state index contributed by atoms with van der Waals surface area (Å²) >= 11 is 11.9. The van der Waals surface area contributed by atoms with Crippen molar-refractivity contribution in [3.05, 3.63) is 93.5 Å². The molecule has 2 amide bonds. The van der Waals surface area contributed by atoms with Gasteiger partial charge in [0, 0.05) is 43.1 Å². The largest absolute Gasteiger partial charge is 0.368 e. The lowest BCUT2D eigenvalue weighted by Crippen LogP contribution is -2.49. The molecule has 4 rings (SSSR count). The van der Waals surface area contributed by atoms with Gasteiger partial charge >= 0.3 is 0 Å². The van der Waals surface area contributed by atoms with E-state index in [0.29, 0.717) is 40.8 Å². The summed E-state index contributed by atoms with van der Waals surface area (Å²) in [5, 5.41) is 3.63. The second kappa shape index (κ2) is 10.3. The van der Waals surface area contributed by atoms with Gasteiger partial charge in [-0.05, 0) is 55.0 Å². The van der Waals surface area contributed by atoms with E-state index in [9.17, 15) is 9.59 Å². The third kappa shape index (κ3) is 5.86. The van der Waals surface area contributed by atoms with Gasteiger partial charge in [-0.3, -0.25) is 9.59 Å². The summed E-state index contributed by atoms with van der Waals surface area (Å²) in [5.41, 5.74) is 4.43. The molecular weight excluding hydrogens is 457 g/mol. The van der Waals surface area contributed by atoms with Gasteiger partial charge in [0.15, 0.2) is 0 Å². The van der Waals surface area contributed by atoms with Crippen molar-refractivity contribution in [2.24, 2.45) is 0 Å². The highest BCUT2D eigenvalue weighted by Crippen LogP contribution is 2.24. The maximum atomic E-state index is 12.7. The van der Waals surface area contributed by atoms with Crippen LogP contribution in [0.3, 0.4) is 0 Å². The molecule has 0 saturated carbocycles. The predicted octanol–water partition coefficient (Wildman–Crippen LogP) is 5.45. The smallest absolute Gasteiger partial charge is 0.255 e. The van der Waals surface area contributed by atoms with Crippen molar-refractivity contribution >= 4 is 46.4 Å². The zero-order valence-corrected chi connectivity index (χ0v) is 19.9. The summed E-state index contributed by atoms with van der Waals surface area (Å²) < 4.78 is 0. The fourth-order valence-corrected chi connectivity index (χ4v) is 4.22. The number of amides is 2. The van der Waals surface area contributed by atoms with Crippen LogP contribution in [0.2, 0.25) is 10.0 Å². The molecule has 5 nitrogen and oxygen atoms in total. The standard InChI is InChI=1S/C26H25Cl2N3O2/c1-18-3-2-4-19(15-18)16-25(32)31-13-11-30(12-14-31)22-8-6-21(7-9-22)29-26(33)20-5-10-23(27)24(28)17-20/h2-10,15,17H,11-14,16H2,1H3,(H,29,33). The minimum Gasteiger partial charge on any atom is -0.368 e. The maximum Gasteiger partial charge on any atom is 0.255 e.